The molecule has 0 saturated heterocycles. The van der Waals surface area contributed by atoms with Crippen molar-refractivity contribution < 1.29 is 0 Å². The maximum atomic E-state index is 4.77. The van der Waals surface area contributed by atoms with Crippen LogP contribution in [0.3, 0.4) is 0 Å². The van der Waals surface area contributed by atoms with E-state index in [4.69, 9.17) is 9.97 Å². The van der Waals surface area contributed by atoms with Crippen LogP contribution >= 0.6 is 11.9 Å². The molecule has 126 valence electrons. The SMILES string of the molecule is c1ccc(SNc2cc(-c3ccccc3)nc(-c3ccccc3)n2)cc1. The van der Waals surface area contributed by atoms with Crippen LogP contribution in [0.2, 0.25) is 0 Å². The van der Waals surface area contributed by atoms with Crippen LogP contribution in [-0.2, 0) is 0 Å². The van der Waals surface area contributed by atoms with E-state index in [1.165, 1.54) is 0 Å². The molecule has 4 heteroatoms. The van der Waals surface area contributed by atoms with Gasteiger partial charge in [0.2, 0.25) is 0 Å². The molecule has 4 aromatic rings. The van der Waals surface area contributed by atoms with Gasteiger partial charge in [-0.05, 0) is 24.1 Å². The van der Waals surface area contributed by atoms with Gasteiger partial charge in [0.1, 0.15) is 5.82 Å². The Bertz CT molecular complexity index is 916. The van der Waals surface area contributed by atoms with Crippen molar-refractivity contribution in [2.24, 2.45) is 0 Å². The summed E-state index contributed by atoms with van der Waals surface area (Å²) in [5.41, 5.74) is 2.97. The second-order valence-electron chi connectivity index (χ2n) is 5.71. The third kappa shape index (κ3) is 3.92. The minimum atomic E-state index is 0.711. The summed E-state index contributed by atoms with van der Waals surface area (Å²) in [4.78, 5) is 10.6. The third-order valence-electron chi connectivity index (χ3n) is 3.84. The zero-order valence-corrected chi connectivity index (χ0v) is 14.9. The highest BCUT2D eigenvalue weighted by Crippen LogP contribution is 2.27. The van der Waals surface area contributed by atoms with E-state index in [9.17, 15) is 0 Å². The molecule has 0 aliphatic rings. The standard InChI is InChI=1S/C22H17N3S/c1-4-10-17(11-5-1)20-16-21(25-26-19-14-8-3-9-15-19)24-22(23-20)18-12-6-2-7-13-18/h1-16H,(H,23,24,25). The topological polar surface area (TPSA) is 37.8 Å². The highest BCUT2D eigenvalue weighted by molar-refractivity contribution is 8.00. The average molecular weight is 355 g/mol. The van der Waals surface area contributed by atoms with Crippen molar-refractivity contribution in [2.45, 2.75) is 4.90 Å². The van der Waals surface area contributed by atoms with Crippen molar-refractivity contribution in [1.29, 1.82) is 0 Å². The molecule has 0 radical (unpaired) electrons. The quantitative estimate of drug-likeness (QED) is 0.450. The number of aromatic nitrogens is 2. The number of benzene rings is 3. The second-order valence-corrected chi connectivity index (χ2v) is 6.59. The Labute approximate surface area is 157 Å². The van der Waals surface area contributed by atoms with Crippen molar-refractivity contribution in [2.75, 3.05) is 4.72 Å². The molecule has 0 spiro atoms. The molecule has 0 atom stereocenters. The van der Waals surface area contributed by atoms with E-state index in [0.29, 0.717) is 5.82 Å². The van der Waals surface area contributed by atoms with Gasteiger partial charge < -0.3 is 4.72 Å². The molecule has 1 aromatic heterocycles. The lowest BCUT2D eigenvalue weighted by Gasteiger charge is -2.10. The molecule has 0 saturated carbocycles. The minimum absolute atomic E-state index is 0.711. The lowest BCUT2D eigenvalue weighted by molar-refractivity contribution is 1.19. The van der Waals surface area contributed by atoms with E-state index in [2.05, 4.69) is 29.0 Å². The van der Waals surface area contributed by atoms with Crippen LogP contribution in [0.5, 0.6) is 0 Å². The van der Waals surface area contributed by atoms with Gasteiger partial charge in [0, 0.05) is 22.1 Å². The van der Waals surface area contributed by atoms with E-state index in [1.807, 2.05) is 72.8 Å². The Balaban J connectivity index is 1.70. The molecular weight excluding hydrogens is 338 g/mol. The van der Waals surface area contributed by atoms with Crippen molar-refractivity contribution in [3.63, 3.8) is 0 Å². The van der Waals surface area contributed by atoms with Gasteiger partial charge >= 0.3 is 0 Å². The fraction of sp³-hybridized carbons (Fsp3) is 0. The Morgan fingerprint density at radius 1 is 0.615 bits per heavy atom. The largest absolute Gasteiger partial charge is 0.310 e. The molecule has 4 rings (SSSR count). The van der Waals surface area contributed by atoms with Crippen molar-refractivity contribution >= 4 is 17.8 Å². The van der Waals surface area contributed by atoms with E-state index in [1.54, 1.807) is 11.9 Å². The van der Waals surface area contributed by atoms with E-state index < -0.39 is 0 Å². The van der Waals surface area contributed by atoms with Crippen molar-refractivity contribution in [3.05, 3.63) is 97.1 Å². The first-order valence-corrected chi connectivity index (χ1v) is 9.18. The summed E-state index contributed by atoms with van der Waals surface area (Å²) >= 11 is 1.54. The van der Waals surface area contributed by atoms with Crippen molar-refractivity contribution in [3.8, 4) is 22.6 Å². The fourth-order valence-electron chi connectivity index (χ4n) is 2.57. The van der Waals surface area contributed by atoms with Gasteiger partial charge in [0.15, 0.2) is 5.82 Å². The minimum Gasteiger partial charge on any atom is -0.310 e. The van der Waals surface area contributed by atoms with E-state index in [0.717, 1.165) is 27.5 Å². The van der Waals surface area contributed by atoms with Crippen LogP contribution < -0.4 is 4.72 Å². The summed E-state index contributed by atoms with van der Waals surface area (Å²) in [6.07, 6.45) is 0. The van der Waals surface area contributed by atoms with Crippen LogP contribution in [0.25, 0.3) is 22.6 Å². The zero-order chi connectivity index (χ0) is 17.6. The summed E-state index contributed by atoms with van der Waals surface area (Å²) in [6, 6.07) is 32.4. The number of hydrogen-bond donors (Lipinski definition) is 1. The predicted octanol–water partition coefficient (Wildman–Crippen LogP) is 5.93. The molecule has 0 aliphatic carbocycles. The molecule has 0 aliphatic heterocycles. The lowest BCUT2D eigenvalue weighted by atomic mass is 10.1. The monoisotopic (exact) mass is 355 g/mol. The van der Waals surface area contributed by atoms with Crippen LogP contribution in [0, 0.1) is 0 Å². The highest BCUT2D eigenvalue weighted by Gasteiger charge is 2.09. The molecule has 0 bridgehead atoms. The van der Waals surface area contributed by atoms with Gasteiger partial charge in [-0.3, -0.25) is 0 Å². The molecule has 0 amide bonds. The molecule has 1 heterocycles. The molecule has 26 heavy (non-hydrogen) atoms. The first-order chi connectivity index (χ1) is 12.9. The van der Waals surface area contributed by atoms with Crippen LogP contribution in [0.4, 0.5) is 5.82 Å². The van der Waals surface area contributed by atoms with Crippen LogP contribution in [-0.4, -0.2) is 9.97 Å². The van der Waals surface area contributed by atoms with Gasteiger partial charge in [-0.2, -0.15) is 0 Å². The normalized spacial score (nSPS) is 10.5. The van der Waals surface area contributed by atoms with Gasteiger partial charge in [-0.15, -0.1) is 0 Å². The zero-order valence-electron chi connectivity index (χ0n) is 14.0. The number of rotatable bonds is 5. The molecule has 0 fully saturated rings. The number of anilines is 1. The third-order valence-corrected chi connectivity index (χ3v) is 4.66. The number of hydrogen-bond acceptors (Lipinski definition) is 4. The maximum Gasteiger partial charge on any atom is 0.162 e. The predicted molar refractivity (Wildman–Crippen MR) is 109 cm³/mol. The van der Waals surface area contributed by atoms with Gasteiger partial charge in [-0.25, -0.2) is 9.97 Å². The van der Waals surface area contributed by atoms with Crippen LogP contribution in [0.15, 0.2) is 102 Å². The first kappa shape index (κ1) is 16.4. The van der Waals surface area contributed by atoms with Gasteiger partial charge in [0.25, 0.3) is 0 Å². The molecule has 1 N–H and O–H groups in total. The Morgan fingerprint density at radius 2 is 1.19 bits per heavy atom. The summed E-state index contributed by atoms with van der Waals surface area (Å²) in [6.45, 7) is 0. The summed E-state index contributed by atoms with van der Waals surface area (Å²) < 4.78 is 3.35. The Hall–Kier alpha value is -3.11. The lowest BCUT2D eigenvalue weighted by Crippen LogP contribution is -1.98. The highest BCUT2D eigenvalue weighted by atomic mass is 32.2. The smallest absolute Gasteiger partial charge is 0.162 e. The first-order valence-electron chi connectivity index (χ1n) is 8.36. The molecule has 3 nitrogen and oxygen atoms in total. The van der Waals surface area contributed by atoms with E-state index in [-0.39, 0.29) is 0 Å². The number of nitrogens with zero attached hydrogens (tertiary/aromatic N) is 2. The maximum absolute atomic E-state index is 4.77. The van der Waals surface area contributed by atoms with Crippen molar-refractivity contribution in [1.82, 2.24) is 9.97 Å². The average Bonchev–Trinajstić information content (AvgIpc) is 2.74. The van der Waals surface area contributed by atoms with E-state index >= 15 is 0 Å². The Morgan fingerprint density at radius 3 is 1.85 bits per heavy atom. The van der Waals surface area contributed by atoms with Gasteiger partial charge in [-0.1, -0.05) is 78.9 Å². The molecule has 3 aromatic carbocycles. The summed E-state index contributed by atoms with van der Waals surface area (Å²) in [7, 11) is 0. The molecule has 0 unspecified atom stereocenters. The second kappa shape index (κ2) is 7.85. The Kier molecular flexibility index (Phi) is 4.94. The van der Waals surface area contributed by atoms with Crippen LogP contribution in [0.1, 0.15) is 0 Å². The fourth-order valence-corrected chi connectivity index (χ4v) is 3.19. The number of nitrogens with one attached hydrogen (secondary N) is 1. The summed E-state index contributed by atoms with van der Waals surface area (Å²) in [5.74, 6) is 1.50. The van der Waals surface area contributed by atoms with Gasteiger partial charge in [0.05, 0.1) is 5.69 Å². The summed E-state index contributed by atoms with van der Waals surface area (Å²) in [5, 5.41) is 0. The molecular formula is C22H17N3S.